The van der Waals surface area contributed by atoms with Gasteiger partial charge in [0.2, 0.25) is 0 Å². The smallest absolute Gasteiger partial charge is 0.333 e. The molecule has 0 aromatic rings. The van der Waals surface area contributed by atoms with Gasteiger partial charge in [-0.25, -0.2) is 48.0 Å². The molecule has 0 amide bonds. The van der Waals surface area contributed by atoms with Crippen LogP contribution < -0.4 is 0 Å². The molecule has 10 fully saturated rings. The van der Waals surface area contributed by atoms with Crippen LogP contribution in [0.3, 0.4) is 0 Å². The Morgan fingerprint density at radius 1 is 0.410 bits per heavy atom. The molecule has 13 unspecified atom stereocenters. The molecule has 1 N–H and O–H groups in total. The lowest BCUT2D eigenvalue weighted by atomic mass is 10.1. The summed E-state index contributed by atoms with van der Waals surface area (Å²) in [5.74, 6) is -3.11. The fraction of sp³-hybridized carbons (Fsp3) is 0.613. The van der Waals surface area contributed by atoms with E-state index in [0.717, 1.165) is 89.8 Å². The number of epoxide rings is 10. The summed E-state index contributed by atoms with van der Waals surface area (Å²) in [7, 11) is 0. The van der Waals surface area contributed by atoms with E-state index in [1.165, 1.54) is 6.08 Å². The van der Waals surface area contributed by atoms with Crippen molar-refractivity contribution in [3.05, 3.63) is 124 Å². The van der Waals surface area contributed by atoms with Crippen LogP contribution in [-0.2, 0) is 138 Å². The van der Waals surface area contributed by atoms with E-state index < -0.39 is 0 Å². The highest BCUT2D eigenvalue weighted by Crippen LogP contribution is 2.32. The molecule has 13 atom stereocenters. The van der Waals surface area contributed by atoms with Crippen molar-refractivity contribution in [2.75, 3.05) is 112 Å². The van der Waals surface area contributed by atoms with E-state index in [1.54, 1.807) is 40.7 Å². The minimum Gasteiger partial charge on any atom is -0.463 e. The summed E-state index contributed by atoms with van der Waals surface area (Å²) in [5.41, 5.74) is 1.89. The molecule has 0 radical (unpaired) electrons. The van der Waals surface area contributed by atoms with Crippen molar-refractivity contribution in [3.63, 3.8) is 0 Å². The lowest BCUT2D eigenvalue weighted by molar-refractivity contribution is -0.268. The topological polar surface area (TPSA) is 391 Å². The zero-order valence-electron chi connectivity index (χ0n) is 62.6. The Hall–Kier alpha value is -7.85. The Balaban J connectivity index is 0.000000584. The molecule has 105 heavy (non-hydrogen) atoms. The fourth-order valence-electron chi connectivity index (χ4n) is 6.38. The summed E-state index contributed by atoms with van der Waals surface area (Å²) in [5, 5.41) is 8.29. The molecule has 592 valence electrons. The van der Waals surface area contributed by atoms with Gasteiger partial charge < -0.3 is 90.0 Å². The molecule has 0 aliphatic carbocycles. The van der Waals surface area contributed by atoms with Gasteiger partial charge in [0.15, 0.2) is 0 Å². The van der Waals surface area contributed by atoms with Crippen LogP contribution in [0.1, 0.15) is 107 Å². The first-order valence-corrected chi connectivity index (χ1v) is 34.2. The lowest BCUT2D eigenvalue weighted by Gasteiger charge is -2.09. The quantitative estimate of drug-likeness (QED) is 0.00909. The third-order valence-corrected chi connectivity index (χ3v) is 14.1. The van der Waals surface area contributed by atoms with Crippen molar-refractivity contribution in [1.29, 1.82) is 0 Å². The first-order valence-electron chi connectivity index (χ1n) is 34.2. The number of carbonyl (C=O) groups excluding carboxylic acids is 9. The largest absolute Gasteiger partial charge is 0.463 e. The van der Waals surface area contributed by atoms with E-state index in [4.69, 9.17) is 90.5 Å². The second kappa shape index (κ2) is 53.0. The van der Waals surface area contributed by atoms with E-state index in [1.807, 2.05) is 27.7 Å². The van der Waals surface area contributed by atoms with Crippen LogP contribution in [0.25, 0.3) is 0 Å². The Labute approximate surface area is 616 Å². The Morgan fingerprint density at radius 2 is 0.686 bits per heavy atom. The van der Waals surface area contributed by atoms with Gasteiger partial charge in [0.05, 0.1) is 122 Å². The van der Waals surface area contributed by atoms with Crippen LogP contribution in [0.5, 0.6) is 0 Å². The zero-order chi connectivity index (χ0) is 79.1. The van der Waals surface area contributed by atoms with Crippen LogP contribution in [0.2, 0.25) is 0 Å². The van der Waals surface area contributed by atoms with Gasteiger partial charge in [-0.2, -0.15) is 0 Å². The normalized spacial score (nSPS) is 24.6. The molecule has 30 heteroatoms. The van der Waals surface area contributed by atoms with Crippen LogP contribution in [0, 0.1) is 0 Å². The number of hydrogen-bond acceptors (Lipinski definition) is 30. The summed E-state index contributed by atoms with van der Waals surface area (Å²) in [6.07, 6.45) is 14.4. The average Bonchev–Trinajstić information content (AvgIpc) is 1.72. The first-order chi connectivity index (χ1) is 49.7. The molecule has 0 aromatic carbocycles. The van der Waals surface area contributed by atoms with Gasteiger partial charge in [0.1, 0.15) is 69.2 Å². The number of esters is 9. The highest BCUT2D eigenvalue weighted by molar-refractivity contribution is 5.89. The zero-order valence-corrected chi connectivity index (χ0v) is 62.6. The summed E-state index contributed by atoms with van der Waals surface area (Å²) < 4.78 is 92.6. The predicted molar refractivity (Wildman–Crippen MR) is 379 cm³/mol. The van der Waals surface area contributed by atoms with E-state index in [9.17, 15) is 43.2 Å². The molecule has 30 nitrogen and oxygen atoms in total. The highest BCUT2D eigenvalue weighted by Gasteiger charge is 2.42. The standard InChI is InChI=1S/C9H14O3.4C8H12O3.C7H10O3.C7H12O3.2C7H10O3.C6H8O3/c1-7(2)9(10)11-5-3-4-8-6-12-8;1-6(2)7(9)10-4-8(3)5-11-8;1-5(2)8(9)10-4-7-6(3)11-7;1-6(2)8(9)10-4-3-7-5-11-7;1-2-8(9)10-5-3-4-7-6-11-7;1-5(2)7(8)10-4-6-3-9-6;1-3-6(10-8)4-7(2)5-9-7;1-3-7(8)9-4-6-5(2)10-6;1-2-7(8)9-4-3-6-5-10-6;1-2-6(7)9-4-5-3-8-5/h8H,1,3-6H2,2H3;1,4-5H2,2-3H3;6-7H,1,4H2,2-3H3;7H,1,3-5H2,2H3;2,7H,1,3-6H2;6H,1,3-4H2,2H3;3,6,8H,1,4-5H2,2H3;3,5-6H,1,4H2,2H3;2,6H,1,3-5H2;2,5H,1,3-4H2. The number of carbonyl (C=O) groups is 9. The minimum absolute atomic E-state index is 0.0818. The molecular weight excluding hydrogens is 1380 g/mol. The first kappa shape index (κ1) is 95.2. The number of hydrogen-bond donors (Lipinski definition) is 1. The van der Waals surface area contributed by atoms with Gasteiger partial charge in [-0.15, -0.1) is 6.58 Å². The summed E-state index contributed by atoms with van der Waals surface area (Å²) >= 11 is 0. The highest BCUT2D eigenvalue weighted by atomic mass is 17.1. The Kier molecular flexibility index (Phi) is 48.0. The van der Waals surface area contributed by atoms with Crippen molar-refractivity contribution < 1.29 is 143 Å². The van der Waals surface area contributed by atoms with Gasteiger partial charge in [-0.3, -0.25) is 5.26 Å². The molecule has 0 aromatic heterocycles. The van der Waals surface area contributed by atoms with Crippen molar-refractivity contribution in [2.24, 2.45) is 0 Å². The van der Waals surface area contributed by atoms with Gasteiger partial charge in [0, 0.05) is 71.4 Å². The molecule has 0 spiro atoms. The molecule has 10 aliphatic heterocycles. The lowest BCUT2D eigenvalue weighted by Crippen LogP contribution is -2.18. The van der Waals surface area contributed by atoms with E-state index in [0.29, 0.717) is 138 Å². The van der Waals surface area contributed by atoms with Crippen molar-refractivity contribution in [1.82, 2.24) is 0 Å². The van der Waals surface area contributed by atoms with Crippen LogP contribution in [0.15, 0.2) is 124 Å². The van der Waals surface area contributed by atoms with Crippen LogP contribution in [0.4, 0.5) is 0 Å². The van der Waals surface area contributed by atoms with Crippen LogP contribution in [-0.4, -0.2) is 250 Å². The summed E-state index contributed by atoms with van der Waals surface area (Å²) in [6.45, 7) is 59.6. The number of rotatable bonds is 37. The maximum Gasteiger partial charge on any atom is 0.333 e. The second-order valence-corrected chi connectivity index (χ2v) is 25.3. The van der Waals surface area contributed by atoms with Crippen molar-refractivity contribution >= 4 is 53.7 Å². The second-order valence-electron chi connectivity index (χ2n) is 25.3. The SMILES string of the molecule is C=C(C)C(=O)OCC1(C)CO1.C=C(C)C(=O)OCC1CO1.C=C(C)C(=O)OCC1OC1C.C=C(C)C(=O)OCCC1CO1.C=C(C)C(=O)OCCCC1CO1.C=CC(=O)OCC1CO1.C=CC(=O)OCC1OC1C.C=CC(=O)OCCC1CO1.C=CC(=O)OCCCC1CO1.C=CC(CC1(C)CO1)OO. The van der Waals surface area contributed by atoms with Crippen molar-refractivity contribution in [3.8, 4) is 0 Å². The number of ether oxygens (including phenoxy) is 19. The fourth-order valence-corrected chi connectivity index (χ4v) is 6.38. The maximum atomic E-state index is 10.9. The monoisotopic (exact) mass is 1490 g/mol. The van der Waals surface area contributed by atoms with Gasteiger partial charge >= 0.3 is 53.7 Å². The van der Waals surface area contributed by atoms with Gasteiger partial charge in [-0.1, -0.05) is 65.3 Å². The predicted octanol–water partition coefficient (Wildman–Crippen LogP) is 7.70. The molecule has 0 saturated carbocycles. The Bertz CT molecular complexity index is 2830. The van der Waals surface area contributed by atoms with E-state index >= 15 is 0 Å². The summed E-state index contributed by atoms with van der Waals surface area (Å²) in [4.78, 5) is 99.8. The molecule has 10 rings (SSSR count). The Morgan fingerprint density at radius 3 is 1.01 bits per heavy atom. The molecule has 0 bridgehead atoms. The minimum atomic E-state index is -0.386. The third kappa shape index (κ3) is 58.1. The molecule has 10 saturated heterocycles. The summed E-state index contributed by atoms with van der Waals surface area (Å²) in [6, 6.07) is 0. The molecule has 10 heterocycles. The van der Waals surface area contributed by atoms with E-state index in [-0.39, 0.29) is 108 Å². The van der Waals surface area contributed by atoms with E-state index in [2.05, 4.69) is 75.4 Å². The van der Waals surface area contributed by atoms with Gasteiger partial charge in [0.25, 0.3) is 0 Å². The van der Waals surface area contributed by atoms with Gasteiger partial charge in [-0.05, 0) is 88.0 Å². The average molecular weight is 1490 g/mol. The van der Waals surface area contributed by atoms with Crippen LogP contribution >= 0.6 is 0 Å². The van der Waals surface area contributed by atoms with Crippen molar-refractivity contribution in [2.45, 2.75) is 186 Å². The third-order valence-electron chi connectivity index (χ3n) is 14.1. The maximum absolute atomic E-state index is 10.9. The molecular formula is C75H112O30. The molecule has 10 aliphatic rings.